The molecule has 2 aliphatic heterocycles. The number of furan rings is 1. The van der Waals surface area contributed by atoms with Crippen LogP contribution in [-0.4, -0.2) is 42.8 Å². The van der Waals surface area contributed by atoms with Gasteiger partial charge in [-0.2, -0.15) is 0 Å². The third-order valence-corrected chi connectivity index (χ3v) is 4.27. The zero-order chi connectivity index (χ0) is 14.8. The van der Waals surface area contributed by atoms with Crippen LogP contribution in [-0.2, 0) is 13.1 Å². The molecule has 5 heteroatoms. The lowest BCUT2D eigenvalue weighted by molar-refractivity contribution is 0.116. The van der Waals surface area contributed by atoms with E-state index in [9.17, 15) is 0 Å². The Balaban J connectivity index is 1.30. The van der Waals surface area contributed by atoms with Gasteiger partial charge in [-0.25, -0.2) is 0 Å². The van der Waals surface area contributed by atoms with Crippen LogP contribution in [0.5, 0.6) is 11.5 Å². The third kappa shape index (κ3) is 2.96. The Kier molecular flexibility index (Phi) is 3.74. The number of fused-ring (bicyclic) bond motifs is 1. The monoisotopic (exact) mass is 300 g/mol. The maximum atomic E-state index is 5.44. The fourth-order valence-corrected chi connectivity index (χ4v) is 3.03. The van der Waals surface area contributed by atoms with E-state index >= 15 is 0 Å². The lowest BCUT2D eigenvalue weighted by Crippen LogP contribution is -2.45. The highest BCUT2D eigenvalue weighted by molar-refractivity contribution is 5.44. The van der Waals surface area contributed by atoms with E-state index in [1.807, 2.05) is 18.2 Å². The van der Waals surface area contributed by atoms with E-state index in [-0.39, 0.29) is 0 Å². The van der Waals surface area contributed by atoms with Crippen molar-refractivity contribution in [2.24, 2.45) is 0 Å². The summed E-state index contributed by atoms with van der Waals surface area (Å²) in [6.07, 6.45) is 1.74. The Morgan fingerprint density at radius 2 is 1.64 bits per heavy atom. The highest BCUT2D eigenvalue weighted by atomic mass is 16.7. The summed E-state index contributed by atoms with van der Waals surface area (Å²) in [5.74, 6) is 2.77. The minimum absolute atomic E-state index is 0.338. The first-order valence-electron chi connectivity index (χ1n) is 7.72. The van der Waals surface area contributed by atoms with Crippen molar-refractivity contribution in [2.45, 2.75) is 13.1 Å². The Morgan fingerprint density at radius 3 is 2.41 bits per heavy atom. The maximum absolute atomic E-state index is 5.44. The van der Waals surface area contributed by atoms with Crippen LogP contribution < -0.4 is 9.47 Å². The first-order chi connectivity index (χ1) is 10.9. The van der Waals surface area contributed by atoms with Gasteiger partial charge in [-0.15, -0.1) is 0 Å². The fourth-order valence-electron chi connectivity index (χ4n) is 3.03. The second-order valence-electron chi connectivity index (χ2n) is 5.82. The molecule has 1 saturated heterocycles. The molecule has 3 heterocycles. The highest BCUT2D eigenvalue weighted by Crippen LogP contribution is 2.32. The summed E-state index contributed by atoms with van der Waals surface area (Å²) in [4.78, 5) is 4.92. The number of benzene rings is 1. The Bertz CT molecular complexity index is 619. The Labute approximate surface area is 130 Å². The predicted molar refractivity (Wildman–Crippen MR) is 81.8 cm³/mol. The molecule has 0 spiro atoms. The van der Waals surface area contributed by atoms with Crippen LogP contribution in [0.3, 0.4) is 0 Å². The van der Waals surface area contributed by atoms with Crippen molar-refractivity contribution in [1.82, 2.24) is 9.80 Å². The molecule has 1 aromatic heterocycles. The van der Waals surface area contributed by atoms with Crippen LogP contribution in [0.25, 0.3) is 0 Å². The van der Waals surface area contributed by atoms with Crippen molar-refractivity contribution in [3.63, 3.8) is 0 Å². The van der Waals surface area contributed by atoms with Crippen molar-refractivity contribution in [3.05, 3.63) is 47.9 Å². The average molecular weight is 300 g/mol. The maximum Gasteiger partial charge on any atom is 0.231 e. The molecular weight excluding hydrogens is 280 g/mol. The van der Waals surface area contributed by atoms with Gasteiger partial charge in [0.15, 0.2) is 11.5 Å². The molecule has 0 N–H and O–H groups in total. The van der Waals surface area contributed by atoms with E-state index in [1.165, 1.54) is 5.56 Å². The van der Waals surface area contributed by atoms with E-state index < -0.39 is 0 Å². The second-order valence-corrected chi connectivity index (χ2v) is 5.82. The topological polar surface area (TPSA) is 38.1 Å². The van der Waals surface area contributed by atoms with Gasteiger partial charge in [-0.05, 0) is 29.8 Å². The summed E-state index contributed by atoms with van der Waals surface area (Å²) in [5.41, 5.74) is 1.28. The van der Waals surface area contributed by atoms with Gasteiger partial charge in [0.1, 0.15) is 5.76 Å². The van der Waals surface area contributed by atoms with E-state index in [2.05, 4.69) is 21.9 Å². The molecule has 0 radical (unpaired) electrons. The number of ether oxygens (including phenoxy) is 2. The van der Waals surface area contributed by atoms with Crippen molar-refractivity contribution in [3.8, 4) is 11.5 Å². The molecule has 5 nitrogen and oxygen atoms in total. The number of hydrogen-bond acceptors (Lipinski definition) is 5. The smallest absolute Gasteiger partial charge is 0.231 e. The first kappa shape index (κ1) is 13.7. The van der Waals surface area contributed by atoms with Crippen LogP contribution in [0.2, 0.25) is 0 Å². The van der Waals surface area contributed by atoms with E-state index in [0.717, 1.165) is 56.5 Å². The van der Waals surface area contributed by atoms with Gasteiger partial charge in [-0.1, -0.05) is 6.07 Å². The molecule has 1 fully saturated rings. The van der Waals surface area contributed by atoms with E-state index in [0.29, 0.717) is 6.79 Å². The fraction of sp³-hybridized carbons (Fsp3) is 0.412. The second kappa shape index (κ2) is 6.02. The van der Waals surface area contributed by atoms with Crippen molar-refractivity contribution in [1.29, 1.82) is 0 Å². The van der Waals surface area contributed by atoms with Crippen LogP contribution in [0.4, 0.5) is 0 Å². The quantitative estimate of drug-likeness (QED) is 0.866. The molecule has 2 aliphatic rings. The van der Waals surface area contributed by atoms with Crippen molar-refractivity contribution < 1.29 is 13.9 Å². The molecule has 0 atom stereocenters. The molecule has 0 aliphatic carbocycles. The number of hydrogen-bond donors (Lipinski definition) is 0. The van der Waals surface area contributed by atoms with Crippen molar-refractivity contribution >= 4 is 0 Å². The third-order valence-electron chi connectivity index (χ3n) is 4.27. The molecule has 0 bridgehead atoms. The lowest BCUT2D eigenvalue weighted by atomic mass is 10.1. The Morgan fingerprint density at radius 1 is 0.864 bits per heavy atom. The molecule has 22 heavy (non-hydrogen) atoms. The van der Waals surface area contributed by atoms with Crippen LogP contribution >= 0.6 is 0 Å². The minimum atomic E-state index is 0.338. The molecule has 4 rings (SSSR count). The minimum Gasteiger partial charge on any atom is -0.468 e. The zero-order valence-corrected chi connectivity index (χ0v) is 12.5. The van der Waals surface area contributed by atoms with Crippen molar-refractivity contribution in [2.75, 3.05) is 33.0 Å². The largest absolute Gasteiger partial charge is 0.468 e. The van der Waals surface area contributed by atoms with Gasteiger partial charge in [0.05, 0.1) is 12.8 Å². The number of rotatable bonds is 4. The van der Waals surface area contributed by atoms with Gasteiger partial charge in [0.25, 0.3) is 0 Å². The zero-order valence-electron chi connectivity index (χ0n) is 12.5. The Hall–Kier alpha value is -1.98. The molecule has 0 amide bonds. The van der Waals surface area contributed by atoms with Gasteiger partial charge < -0.3 is 13.9 Å². The van der Waals surface area contributed by atoms with Gasteiger partial charge in [-0.3, -0.25) is 9.80 Å². The van der Waals surface area contributed by atoms with Crippen LogP contribution in [0.1, 0.15) is 11.3 Å². The molecule has 1 aromatic carbocycles. The molecule has 0 saturated carbocycles. The van der Waals surface area contributed by atoms with Gasteiger partial charge in [0.2, 0.25) is 6.79 Å². The SMILES string of the molecule is c1coc(CN2CCN(Cc3ccc4c(c3)OCO4)CC2)c1. The van der Waals surface area contributed by atoms with E-state index in [4.69, 9.17) is 13.9 Å². The molecule has 0 unspecified atom stereocenters. The predicted octanol–water partition coefficient (Wildman–Crippen LogP) is 2.33. The molecular formula is C17H20N2O3. The number of nitrogens with zero attached hydrogens (tertiary/aromatic N) is 2. The van der Waals surface area contributed by atoms with Gasteiger partial charge >= 0.3 is 0 Å². The van der Waals surface area contributed by atoms with Crippen LogP contribution in [0.15, 0.2) is 41.0 Å². The normalized spacial score (nSPS) is 18.7. The number of piperazine rings is 1. The summed E-state index contributed by atoms with van der Waals surface area (Å²) in [7, 11) is 0. The molecule has 116 valence electrons. The van der Waals surface area contributed by atoms with Crippen LogP contribution in [0, 0.1) is 0 Å². The summed E-state index contributed by atoms with van der Waals surface area (Å²) in [6, 6.07) is 10.2. The summed E-state index contributed by atoms with van der Waals surface area (Å²) >= 11 is 0. The first-order valence-corrected chi connectivity index (χ1v) is 7.72. The lowest BCUT2D eigenvalue weighted by Gasteiger charge is -2.34. The van der Waals surface area contributed by atoms with Gasteiger partial charge in [0, 0.05) is 32.7 Å². The molecule has 2 aromatic rings. The average Bonchev–Trinajstić information content (AvgIpc) is 3.20. The van der Waals surface area contributed by atoms with E-state index in [1.54, 1.807) is 6.26 Å². The summed E-state index contributed by atoms with van der Waals surface area (Å²) < 4.78 is 16.2. The summed E-state index contributed by atoms with van der Waals surface area (Å²) in [5, 5.41) is 0. The summed E-state index contributed by atoms with van der Waals surface area (Å²) in [6.45, 7) is 6.52. The highest BCUT2D eigenvalue weighted by Gasteiger charge is 2.19. The standard InChI is InChI=1S/C17H20N2O3/c1-2-15(20-9-1)12-19-7-5-18(6-8-19)11-14-3-4-16-17(10-14)22-13-21-16/h1-4,9-10H,5-8,11-13H2.